The van der Waals surface area contributed by atoms with Gasteiger partial charge in [-0.3, -0.25) is 20.2 Å². The summed E-state index contributed by atoms with van der Waals surface area (Å²) < 4.78 is 7.43. The number of hydrogen-bond donors (Lipinski definition) is 2. The summed E-state index contributed by atoms with van der Waals surface area (Å²) in [5, 5.41) is 18.4. The Morgan fingerprint density at radius 1 is 1.14 bits per heavy atom. The highest BCUT2D eigenvalue weighted by Gasteiger charge is 2.24. The van der Waals surface area contributed by atoms with Gasteiger partial charge in [0.15, 0.2) is 5.11 Å². The van der Waals surface area contributed by atoms with E-state index in [-0.39, 0.29) is 16.4 Å². The number of halogens is 1. The molecule has 0 saturated carbocycles. The first kappa shape index (κ1) is 25.4. The van der Waals surface area contributed by atoms with Gasteiger partial charge < -0.3 is 15.0 Å². The molecule has 4 aromatic rings. The summed E-state index contributed by atoms with van der Waals surface area (Å²) in [6.07, 6.45) is 0. The number of carbonyl (C=O) groups is 1. The Kier molecular flexibility index (Phi) is 7.60. The maximum Gasteiger partial charge on any atom is 0.293 e. The fourth-order valence-corrected chi connectivity index (χ4v) is 5.69. The van der Waals surface area contributed by atoms with Crippen molar-refractivity contribution in [2.45, 2.75) is 0 Å². The molecule has 0 bridgehead atoms. The molecule has 3 aromatic carbocycles. The molecule has 1 aromatic heterocycles. The number of nitro benzene ring substituents is 1. The molecule has 1 aliphatic rings. The third kappa shape index (κ3) is 5.71. The number of nitro groups is 1. The molecule has 0 atom stereocenters. The third-order valence-electron chi connectivity index (χ3n) is 5.77. The van der Waals surface area contributed by atoms with Crippen molar-refractivity contribution >= 4 is 84.4 Å². The highest BCUT2D eigenvalue weighted by Crippen LogP contribution is 2.35. The zero-order valence-electron chi connectivity index (χ0n) is 19.3. The Balaban J connectivity index is 1.35. The Morgan fingerprint density at radius 3 is 2.68 bits per heavy atom. The van der Waals surface area contributed by atoms with E-state index in [2.05, 4.69) is 33.2 Å². The van der Waals surface area contributed by atoms with Crippen molar-refractivity contribution < 1.29 is 14.5 Å². The molecule has 37 heavy (non-hydrogen) atoms. The van der Waals surface area contributed by atoms with E-state index in [0.29, 0.717) is 37.7 Å². The van der Waals surface area contributed by atoms with Crippen molar-refractivity contribution in [2.24, 2.45) is 0 Å². The van der Waals surface area contributed by atoms with Crippen LogP contribution in [0.15, 0.2) is 60.7 Å². The molecule has 1 aliphatic heterocycles. The van der Waals surface area contributed by atoms with E-state index >= 15 is 0 Å². The van der Waals surface area contributed by atoms with Crippen LogP contribution in [0.2, 0.25) is 0 Å². The Hall–Kier alpha value is -3.20. The van der Waals surface area contributed by atoms with E-state index in [1.807, 2.05) is 47.4 Å². The number of carbonyl (C=O) groups excluding carboxylic acids is 1. The molecule has 1 saturated heterocycles. The van der Waals surface area contributed by atoms with Gasteiger partial charge in [0, 0.05) is 33.9 Å². The molecule has 5 rings (SSSR count). The first-order valence-corrected chi connectivity index (χ1v) is 13.6. The number of para-hydroxylation sites is 1. The van der Waals surface area contributed by atoms with Crippen molar-refractivity contribution in [3.63, 3.8) is 0 Å². The standard InChI is InChI=1S/C25H20IN5O4S2/c26-16-6-7-18(17(14-16)24-27-19-3-1-2-4-22(19)37-24)28-25(36)29-23(32)15-5-8-20(21(13-15)31(33)34)30-9-11-35-12-10-30/h1-8,13-14H,9-12H2,(H2,28,29,32,36). The van der Waals surface area contributed by atoms with Gasteiger partial charge in [0.1, 0.15) is 10.7 Å². The third-order valence-corrected chi connectivity index (χ3v) is 7.71. The molecule has 0 unspecified atom stereocenters. The Labute approximate surface area is 235 Å². The SMILES string of the molecule is O=C(NC(=S)Nc1ccc(I)cc1-c1nc2ccccc2s1)c1ccc(N2CCOCC2)c([N+](=O)[O-])c1. The number of aromatic nitrogens is 1. The molecule has 0 spiro atoms. The summed E-state index contributed by atoms with van der Waals surface area (Å²) in [5.41, 5.74) is 2.93. The number of ether oxygens (including phenoxy) is 1. The monoisotopic (exact) mass is 645 g/mol. The molecule has 1 amide bonds. The second-order valence-electron chi connectivity index (χ2n) is 8.14. The van der Waals surface area contributed by atoms with Gasteiger partial charge in [0.25, 0.3) is 11.6 Å². The molecular weight excluding hydrogens is 625 g/mol. The maximum atomic E-state index is 12.9. The van der Waals surface area contributed by atoms with Crippen molar-refractivity contribution in [1.82, 2.24) is 10.3 Å². The number of fused-ring (bicyclic) bond motifs is 1. The minimum absolute atomic E-state index is 0.0773. The number of benzene rings is 3. The summed E-state index contributed by atoms with van der Waals surface area (Å²) in [7, 11) is 0. The quantitative estimate of drug-likeness (QED) is 0.128. The molecule has 0 radical (unpaired) electrons. The molecule has 188 valence electrons. The van der Waals surface area contributed by atoms with Gasteiger partial charge in [-0.1, -0.05) is 12.1 Å². The van der Waals surface area contributed by atoms with E-state index in [9.17, 15) is 14.9 Å². The van der Waals surface area contributed by atoms with Crippen LogP contribution in [0, 0.1) is 13.7 Å². The first-order chi connectivity index (χ1) is 17.9. The van der Waals surface area contributed by atoms with Crippen LogP contribution in [-0.4, -0.2) is 47.2 Å². The van der Waals surface area contributed by atoms with Crippen LogP contribution in [0.4, 0.5) is 17.1 Å². The van der Waals surface area contributed by atoms with Gasteiger partial charge in [-0.25, -0.2) is 4.98 Å². The van der Waals surface area contributed by atoms with Gasteiger partial charge in [-0.05, 0) is 77.3 Å². The van der Waals surface area contributed by atoms with Gasteiger partial charge in [-0.2, -0.15) is 0 Å². The van der Waals surface area contributed by atoms with Crippen LogP contribution in [-0.2, 0) is 4.74 Å². The lowest BCUT2D eigenvalue weighted by atomic mass is 10.1. The van der Waals surface area contributed by atoms with Crippen molar-refractivity contribution in [1.29, 1.82) is 0 Å². The minimum atomic E-state index is -0.541. The van der Waals surface area contributed by atoms with Gasteiger partial charge in [0.2, 0.25) is 0 Å². The predicted molar refractivity (Wildman–Crippen MR) is 158 cm³/mol. The van der Waals surface area contributed by atoms with Crippen molar-refractivity contribution in [3.05, 3.63) is 79.9 Å². The van der Waals surface area contributed by atoms with Crippen LogP contribution in [0.5, 0.6) is 0 Å². The molecule has 12 heteroatoms. The largest absolute Gasteiger partial charge is 0.378 e. The zero-order valence-corrected chi connectivity index (χ0v) is 23.1. The second kappa shape index (κ2) is 11.0. The summed E-state index contributed by atoms with van der Waals surface area (Å²) in [4.78, 5) is 30.8. The number of anilines is 2. The summed E-state index contributed by atoms with van der Waals surface area (Å²) >= 11 is 9.22. The lowest BCUT2D eigenvalue weighted by Gasteiger charge is -2.28. The number of thiazole rings is 1. The lowest BCUT2D eigenvalue weighted by molar-refractivity contribution is -0.384. The minimum Gasteiger partial charge on any atom is -0.378 e. The number of morpholine rings is 1. The van der Waals surface area contributed by atoms with Gasteiger partial charge in [-0.15, -0.1) is 11.3 Å². The number of nitrogens with zero attached hydrogens (tertiary/aromatic N) is 3. The molecule has 0 aliphatic carbocycles. The lowest BCUT2D eigenvalue weighted by Crippen LogP contribution is -2.37. The molecule has 1 fully saturated rings. The number of hydrogen-bond acceptors (Lipinski definition) is 8. The van der Waals surface area contributed by atoms with Gasteiger partial charge >= 0.3 is 0 Å². The van der Waals surface area contributed by atoms with E-state index in [1.165, 1.54) is 6.07 Å². The molecule has 9 nitrogen and oxygen atoms in total. The van der Waals surface area contributed by atoms with Crippen LogP contribution in [0.25, 0.3) is 20.8 Å². The molecular formula is C25H20IN5O4S2. The smallest absolute Gasteiger partial charge is 0.293 e. The highest BCUT2D eigenvalue weighted by atomic mass is 127. The Morgan fingerprint density at radius 2 is 1.92 bits per heavy atom. The van der Waals surface area contributed by atoms with Gasteiger partial charge in [0.05, 0.1) is 34.0 Å². The Bertz CT molecular complexity index is 1490. The average molecular weight is 646 g/mol. The topological polar surface area (TPSA) is 110 Å². The zero-order chi connectivity index (χ0) is 25.9. The average Bonchev–Trinajstić information content (AvgIpc) is 3.34. The van der Waals surface area contributed by atoms with Crippen LogP contribution in [0.3, 0.4) is 0 Å². The maximum absolute atomic E-state index is 12.9. The summed E-state index contributed by atoms with van der Waals surface area (Å²) in [5.74, 6) is -0.541. The summed E-state index contributed by atoms with van der Waals surface area (Å²) in [6.45, 7) is 2.09. The number of nitrogens with one attached hydrogen (secondary N) is 2. The van der Waals surface area contributed by atoms with Crippen LogP contribution < -0.4 is 15.5 Å². The summed E-state index contributed by atoms with van der Waals surface area (Å²) in [6, 6.07) is 18.1. The fraction of sp³-hybridized carbons (Fsp3) is 0.160. The van der Waals surface area contributed by atoms with E-state index in [0.717, 1.165) is 24.4 Å². The highest BCUT2D eigenvalue weighted by molar-refractivity contribution is 14.1. The predicted octanol–water partition coefficient (Wildman–Crippen LogP) is 5.44. The molecule has 2 N–H and O–H groups in total. The second-order valence-corrected chi connectivity index (χ2v) is 10.8. The van der Waals surface area contributed by atoms with E-state index in [4.69, 9.17) is 21.9 Å². The van der Waals surface area contributed by atoms with Crippen LogP contribution >= 0.6 is 46.1 Å². The number of rotatable bonds is 5. The fourth-order valence-electron chi connectivity index (χ4n) is 4.00. The van der Waals surface area contributed by atoms with Crippen molar-refractivity contribution in [2.75, 3.05) is 36.5 Å². The molecule has 2 heterocycles. The van der Waals surface area contributed by atoms with Crippen LogP contribution in [0.1, 0.15) is 10.4 Å². The first-order valence-electron chi connectivity index (χ1n) is 11.3. The van der Waals surface area contributed by atoms with E-state index in [1.54, 1.807) is 23.5 Å². The van der Waals surface area contributed by atoms with Crippen molar-refractivity contribution in [3.8, 4) is 10.6 Å². The van der Waals surface area contributed by atoms with E-state index < -0.39 is 10.8 Å². The number of amides is 1. The number of thiocarbonyl (C=S) groups is 1. The normalized spacial score (nSPS) is 13.4.